The molecule has 4 nitrogen and oxygen atoms in total. The predicted octanol–water partition coefficient (Wildman–Crippen LogP) is 7.18. The van der Waals surface area contributed by atoms with E-state index in [1.165, 1.54) is 34.4 Å². The zero-order valence-corrected chi connectivity index (χ0v) is 20.5. The summed E-state index contributed by atoms with van der Waals surface area (Å²) in [5, 5.41) is 0. The van der Waals surface area contributed by atoms with Crippen molar-refractivity contribution >= 4 is 11.7 Å². The van der Waals surface area contributed by atoms with Crippen LogP contribution in [-0.4, -0.2) is 36.3 Å². The number of hydrogen-bond donors (Lipinski definition) is 0. The molecule has 6 rings (SSSR count). The molecule has 2 heterocycles. The van der Waals surface area contributed by atoms with Gasteiger partial charge in [0.1, 0.15) is 18.2 Å². The van der Waals surface area contributed by atoms with Gasteiger partial charge in [-0.2, -0.15) is 0 Å². The molecule has 2 aliphatic heterocycles. The molecular weight excluding hydrogens is 453 g/mol. The number of amides is 1. The Balaban J connectivity index is 1.22. The first kappa shape index (κ1) is 22.8. The molecule has 2 bridgehead atoms. The number of fused-ring (bicyclic) bond motifs is 5. The molecule has 2 unspecified atom stereocenters. The number of piperidine rings is 1. The van der Waals surface area contributed by atoms with E-state index in [2.05, 4.69) is 42.5 Å². The molecule has 5 heteroatoms. The summed E-state index contributed by atoms with van der Waals surface area (Å²) in [6, 6.07) is 21.5. The van der Waals surface area contributed by atoms with Crippen molar-refractivity contribution in [3.8, 4) is 16.9 Å². The molecule has 3 aliphatic rings. The Morgan fingerprint density at radius 1 is 0.972 bits per heavy atom. The first-order valence-electron chi connectivity index (χ1n) is 12.9. The second-order valence-corrected chi connectivity index (χ2v) is 9.83. The maximum absolute atomic E-state index is 13.9. The summed E-state index contributed by atoms with van der Waals surface area (Å²) in [7, 11) is 0. The number of halogens is 1. The molecule has 0 radical (unpaired) electrons. The first-order chi connectivity index (χ1) is 17.6. The molecule has 0 N–H and O–H groups in total. The zero-order valence-electron chi connectivity index (χ0n) is 20.5. The lowest BCUT2D eigenvalue weighted by Crippen LogP contribution is -2.51. The van der Waals surface area contributed by atoms with Crippen LogP contribution in [0.4, 0.5) is 9.18 Å². The van der Waals surface area contributed by atoms with Crippen LogP contribution < -0.4 is 4.74 Å². The van der Waals surface area contributed by atoms with Gasteiger partial charge in [-0.3, -0.25) is 4.90 Å². The molecule has 1 amide bonds. The summed E-state index contributed by atoms with van der Waals surface area (Å²) >= 11 is 0. The highest BCUT2D eigenvalue weighted by Gasteiger charge is 2.39. The molecule has 2 atom stereocenters. The molecule has 1 aliphatic carbocycles. The van der Waals surface area contributed by atoms with Gasteiger partial charge in [0.05, 0.1) is 12.6 Å². The van der Waals surface area contributed by atoms with E-state index in [1.807, 2.05) is 24.0 Å². The van der Waals surface area contributed by atoms with Gasteiger partial charge in [0.25, 0.3) is 0 Å². The minimum atomic E-state index is -0.306. The number of carbonyl (C=O) groups is 1. The van der Waals surface area contributed by atoms with Crippen LogP contribution >= 0.6 is 0 Å². The van der Waals surface area contributed by atoms with Gasteiger partial charge in [-0.05, 0) is 72.6 Å². The van der Waals surface area contributed by atoms with Crippen molar-refractivity contribution in [2.75, 3.05) is 13.2 Å². The number of rotatable bonds is 5. The molecule has 184 valence electrons. The average molecular weight is 484 g/mol. The van der Waals surface area contributed by atoms with Gasteiger partial charge in [-0.1, -0.05) is 54.6 Å². The molecule has 0 spiro atoms. The van der Waals surface area contributed by atoms with Gasteiger partial charge >= 0.3 is 6.09 Å². The lowest BCUT2D eigenvalue weighted by Gasteiger charge is -2.44. The van der Waals surface area contributed by atoms with Crippen molar-refractivity contribution in [1.29, 1.82) is 0 Å². The van der Waals surface area contributed by atoms with Gasteiger partial charge in [0.15, 0.2) is 0 Å². The quantitative estimate of drug-likeness (QED) is 0.386. The van der Waals surface area contributed by atoms with E-state index in [9.17, 15) is 9.18 Å². The van der Waals surface area contributed by atoms with Crippen molar-refractivity contribution in [2.45, 2.75) is 50.6 Å². The van der Waals surface area contributed by atoms with Crippen molar-refractivity contribution in [3.63, 3.8) is 0 Å². The SMILES string of the molecule is CCOc1cc(F)ccc1C1=CC2CCCC(C1)N2C(=O)OCC1c2ccccc2-c2ccccc21. The highest BCUT2D eigenvalue weighted by atomic mass is 19.1. The second kappa shape index (κ2) is 9.45. The maximum atomic E-state index is 13.9. The third kappa shape index (κ3) is 3.97. The third-order valence-electron chi connectivity index (χ3n) is 7.77. The van der Waals surface area contributed by atoms with Crippen LogP contribution in [0.1, 0.15) is 55.2 Å². The van der Waals surface area contributed by atoms with E-state index < -0.39 is 0 Å². The largest absolute Gasteiger partial charge is 0.493 e. The van der Waals surface area contributed by atoms with Crippen LogP contribution in [0.5, 0.6) is 5.75 Å². The van der Waals surface area contributed by atoms with Gasteiger partial charge in [-0.15, -0.1) is 0 Å². The van der Waals surface area contributed by atoms with Crippen molar-refractivity contribution < 1.29 is 18.7 Å². The van der Waals surface area contributed by atoms with Crippen LogP contribution in [-0.2, 0) is 4.74 Å². The normalized spacial score (nSPS) is 20.4. The monoisotopic (exact) mass is 483 g/mol. The van der Waals surface area contributed by atoms with Gasteiger partial charge in [0.2, 0.25) is 0 Å². The number of nitrogens with zero attached hydrogens (tertiary/aromatic N) is 1. The summed E-state index contributed by atoms with van der Waals surface area (Å²) in [5.41, 5.74) is 6.92. The third-order valence-corrected chi connectivity index (χ3v) is 7.77. The Morgan fingerprint density at radius 3 is 2.39 bits per heavy atom. The molecule has 1 saturated heterocycles. The standard InChI is InChI=1S/C31H30FNO3/c1-2-35-30-18-21(32)14-15-24(30)20-16-22-8-7-9-23(17-20)33(22)31(34)36-19-29-27-12-5-3-10-25(27)26-11-4-6-13-28(26)29/h3-6,10-16,18,22-23,29H,2,7-9,17,19H2,1H3. The minimum absolute atomic E-state index is 0.0253. The number of ether oxygens (including phenoxy) is 2. The Labute approximate surface area is 211 Å². The molecule has 0 saturated carbocycles. The van der Waals surface area contributed by atoms with E-state index in [4.69, 9.17) is 9.47 Å². The Morgan fingerprint density at radius 2 is 1.69 bits per heavy atom. The highest BCUT2D eigenvalue weighted by Crippen LogP contribution is 2.45. The molecule has 1 fully saturated rings. The second-order valence-electron chi connectivity index (χ2n) is 9.83. The van der Waals surface area contributed by atoms with Crippen molar-refractivity contribution in [2.24, 2.45) is 0 Å². The van der Waals surface area contributed by atoms with Gasteiger partial charge in [-0.25, -0.2) is 9.18 Å². The smallest absolute Gasteiger partial charge is 0.410 e. The lowest BCUT2D eigenvalue weighted by molar-refractivity contribution is 0.0539. The van der Waals surface area contributed by atoms with Crippen LogP contribution in [0, 0.1) is 5.82 Å². The average Bonchev–Trinajstić information content (AvgIpc) is 3.20. The Bertz CT molecular complexity index is 1290. The van der Waals surface area contributed by atoms with E-state index in [0.717, 1.165) is 30.4 Å². The molecule has 0 aromatic heterocycles. The van der Waals surface area contributed by atoms with Crippen LogP contribution in [0.15, 0.2) is 72.8 Å². The lowest BCUT2D eigenvalue weighted by atomic mass is 9.83. The fourth-order valence-corrected chi connectivity index (χ4v) is 6.22. The molecule has 3 aromatic rings. The summed E-state index contributed by atoms with van der Waals surface area (Å²) in [6.07, 6.45) is 5.54. The summed E-state index contributed by atoms with van der Waals surface area (Å²) in [5.74, 6) is 0.306. The Kier molecular flexibility index (Phi) is 6.00. The first-order valence-corrected chi connectivity index (χ1v) is 12.9. The predicted molar refractivity (Wildman–Crippen MR) is 138 cm³/mol. The fourth-order valence-electron chi connectivity index (χ4n) is 6.22. The van der Waals surface area contributed by atoms with Crippen molar-refractivity contribution in [1.82, 2.24) is 4.90 Å². The number of benzene rings is 3. The molecule has 3 aromatic carbocycles. The minimum Gasteiger partial charge on any atom is -0.493 e. The van der Waals surface area contributed by atoms with Gasteiger partial charge in [0, 0.05) is 23.6 Å². The van der Waals surface area contributed by atoms with Crippen LogP contribution in [0.2, 0.25) is 0 Å². The highest BCUT2D eigenvalue weighted by molar-refractivity contribution is 5.80. The summed E-state index contributed by atoms with van der Waals surface area (Å²) in [4.78, 5) is 15.4. The van der Waals surface area contributed by atoms with E-state index in [0.29, 0.717) is 25.4 Å². The Hall–Kier alpha value is -3.60. The maximum Gasteiger partial charge on any atom is 0.410 e. The topological polar surface area (TPSA) is 38.8 Å². The van der Waals surface area contributed by atoms with Gasteiger partial charge < -0.3 is 9.47 Å². The zero-order chi connectivity index (χ0) is 24.6. The van der Waals surface area contributed by atoms with Crippen LogP contribution in [0.3, 0.4) is 0 Å². The molecular formula is C31H30FNO3. The fraction of sp³-hybridized carbons (Fsp3) is 0.323. The van der Waals surface area contributed by atoms with E-state index in [-0.39, 0.29) is 29.9 Å². The van der Waals surface area contributed by atoms with E-state index in [1.54, 1.807) is 6.07 Å². The number of hydrogen-bond acceptors (Lipinski definition) is 3. The molecule has 36 heavy (non-hydrogen) atoms. The number of carbonyl (C=O) groups excluding carboxylic acids is 1. The summed E-state index contributed by atoms with van der Waals surface area (Å²) < 4.78 is 25.6. The van der Waals surface area contributed by atoms with E-state index >= 15 is 0 Å². The summed E-state index contributed by atoms with van der Waals surface area (Å²) in [6.45, 7) is 2.70. The van der Waals surface area contributed by atoms with Crippen LogP contribution in [0.25, 0.3) is 16.7 Å². The van der Waals surface area contributed by atoms with Crippen molar-refractivity contribution in [3.05, 3.63) is 95.3 Å².